The molecule has 0 spiro atoms. The molecule has 3 atom stereocenters. The highest BCUT2D eigenvalue weighted by molar-refractivity contribution is 5.77. The van der Waals surface area contributed by atoms with Gasteiger partial charge < -0.3 is 15.4 Å². The number of ether oxygens (including phenoxy) is 1. The number of hydrogen-bond donors (Lipinski definition) is 1. The molecule has 2 rings (SSSR count). The maximum atomic E-state index is 11.8. The second-order valence-electron chi connectivity index (χ2n) is 8.06. The normalized spacial score (nSPS) is 25.0. The molecule has 4 heteroatoms. The first-order chi connectivity index (χ1) is 12.4. The number of esters is 1. The lowest BCUT2D eigenvalue weighted by atomic mass is 9.67. The van der Waals surface area contributed by atoms with Gasteiger partial charge in [0.25, 0.3) is 0 Å². The number of carbonyl (C=O) groups excluding carboxylic acids is 1. The Bertz CT molecular complexity index is 589. The average Bonchev–Trinajstić information content (AvgIpc) is 2.67. The summed E-state index contributed by atoms with van der Waals surface area (Å²) in [6.45, 7) is 10.5. The van der Waals surface area contributed by atoms with Crippen molar-refractivity contribution in [1.29, 1.82) is 0 Å². The molecular formula is C22H36N2O2. The summed E-state index contributed by atoms with van der Waals surface area (Å²) in [5.74, 6) is 0.175. The molecule has 1 aliphatic rings. The summed E-state index contributed by atoms with van der Waals surface area (Å²) in [4.78, 5) is 14.4. The van der Waals surface area contributed by atoms with Crippen LogP contribution in [0.5, 0.6) is 0 Å². The van der Waals surface area contributed by atoms with Crippen LogP contribution < -0.4 is 5.73 Å². The number of unbranched alkanes of at least 4 members (excludes halogenated alkanes) is 3. The number of methoxy groups -OCH3 is 1. The molecule has 1 aliphatic heterocycles. The van der Waals surface area contributed by atoms with Crippen LogP contribution in [0.3, 0.4) is 0 Å². The fourth-order valence-corrected chi connectivity index (χ4v) is 4.06. The minimum absolute atomic E-state index is 0.117. The number of nitrogens with zero attached hydrogens (tertiary/aromatic N) is 1. The van der Waals surface area contributed by atoms with Crippen LogP contribution in [-0.2, 0) is 14.9 Å². The van der Waals surface area contributed by atoms with E-state index in [0.29, 0.717) is 5.92 Å². The topological polar surface area (TPSA) is 55.6 Å². The van der Waals surface area contributed by atoms with Crippen LogP contribution >= 0.6 is 0 Å². The molecule has 3 unspecified atom stereocenters. The van der Waals surface area contributed by atoms with Crippen LogP contribution in [0.15, 0.2) is 24.3 Å². The van der Waals surface area contributed by atoms with E-state index in [2.05, 4.69) is 37.8 Å². The van der Waals surface area contributed by atoms with Gasteiger partial charge in [-0.15, -0.1) is 0 Å². The lowest BCUT2D eigenvalue weighted by Crippen LogP contribution is -2.47. The SMILES string of the molecule is CCCCCCN1CCC(C)(c2cccc(C(N)C(=O)OC)c2)C(C)C1. The second-order valence-corrected chi connectivity index (χ2v) is 8.06. The molecule has 0 saturated carbocycles. The second kappa shape index (κ2) is 9.52. The number of likely N-dealkylation sites (tertiary alicyclic amines) is 1. The Morgan fingerprint density at radius 2 is 2.15 bits per heavy atom. The third kappa shape index (κ3) is 4.86. The van der Waals surface area contributed by atoms with Crippen molar-refractivity contribution in [3.8, 4) is 0 Å². The van der Waals surface area contributed by atoms with E-state index in [1.54, 1.807) is 0 Å². The Balaban J connectivity index is 2.05. The molecule has 0 aromatic heterocycles. The van der Waals surface area contributed by atoms with Crippen molar-refractivity contribution in [2.75, 3.05) is 26.7 Å². The van der Waals surface area contributed by atoms with Gasteiger partial charge in [-0.1, -0.05) is 64.3 Å². The monoisotopic (exact) mass is 360 g/mol. The van der Waals surface area contributed by atoms with Gasteiger partial charge in [0.2, 0.25) is 0 Å². The third-order valence-corrected chi connectivity index (χ3v) is 6.26. The van der Waals surface area contributed by atoms with Crippen molar-refractivity contribution >= 4 is 5.97 Å². The highest BCUT2D eigenvalue weighted by Gasteiger charge is 2.38. The van der Waals surface area contributed by atoms with Crippen LogP contribution in [0.4, 0.5) is 0 Å². The van der Waals surface area contributed by atoms with Gasteiger partial charge in [-0.25, -0.2) is 0 Å². The van der Waals surface area contributed by atoms with E-state index in [9.17, 15) is 4.79 Å². The van der Waals surface area contributed by atoms with Gasteiger partial charge in [-0.3, -0.25) is 4.79 Å². The molecule has 1 saturated heterocycles. The maximum absolute atomic E-state index is 11.8. The Kier molecular flexibility index (Phi) is 7.66. The minimum atomic E-state index is -0.711. The van der Waals surface area contributed by atoms with Crippen molar-refractivity contribution in [3.05, 3.63) is 35.4 Å². The molecule has 0 aliphatic carbocycles. The first-order valence-electron chi connectivity index (χ1n) is 10.1. The van der Waals surface area contributed by atoms with Crippen LogP contribution in [0.25, 0.3) is 0 Å². The highest BCUT2D eigenvalue weighted by Crippen LogP contribution is 2.40. The van der Waals surface area contributed by atoms with E-state index >= 15 is 0 Å². The Labute approximate surface area is 159 Å². The standard InChI is InChI=1S/C22H36N2O2/c1-5-6-7-8-13-24-14-12-22(3,17(2)16-24)19-11-9-10-18(15-19)20(23)21(25)26-4/h9-11,15,17,20H,5-8,12-14,16,23H2,1-4H3. The number of carbonyl (C=O) groups is 1. The lowest BCUT2D eigenvalue weighted by molar-refractivity contribution is -0.142. The van der Waals surface area contributed by atoms with Gasteiger partial charge in [0.1, 0.15) is 6.04 Å². The van der Waals surface area contributed by atoms with Gasteiger partial charge in [0.05, 0.1) is 7.11 Å². The van der Waals surface area contributed by atoms with Crippen LogP contribution in [0.1, 0.15) is 70.0 Å². The zero-order valence-electron chi connectivity index (χ0n) is 17.0. The zero-order valence-corrected chi connectivity index (χ0v) is 17.0. The van der Waals surface area contributed by atoms with Crippen LogP contribution in [0, 0.1) is 5.92 Å². The molecular weight excluding hydrogens is 324 g/mol. The maximum Gasteiger partial charge on any atom is 0.327 e. The predicted octanol–water partition coefficient (Wildman–Crippen LogP) is 4.04. The third-order valence-electron chi connectivity index (χ3n) is 6.26. The summed E-state index contributed by atoms with van der Waals surface area (Å²) < 4.78 is 4.80. The van der Waals surface area contributed by atoms with Crippen LogP contribution in [0.2, 0.25) is 0 Å². The summed E-state index contributed by atoms with van der Waals surface area (Å²) >= 11 is 0. The van der Waals surface area contributed by atoms with E-state index in [0.717, 1.165) is 25.1 Å². The Morgan fingerprint density at radius 3 is 2.81 bits per heavy atom. The van der Waals surface area contributed by atoms with E-state index < -0.39 is 6.04 Å². The molecule has 4 nitrogen and oxygen atoms in total. The molecule has 0 amide bonds. The van der Waals surface area contributed by atoms with Gasteiger partial charge in [0, 0.05) is 6.54 Å². The van der Waals surface area contributed by atoms with E-state index in [1.165, 1.54) is 44.9 Å². The van der Waals surface area contributed by atoms with Crippen molar-refractivity contribution < 1.29 is 9.53 Å². The minimum Gasteiger partial charge on any atom is -0.468 e. The Hall–Kier alpha value is -1.39. The van der Waals surface area contributed by atoms with Gasteiger partial charge in [0.15, 0.2) is 0 Å². The fourth-order valence-electron chi connectivity index (χ4n) is 4.06. The molecule has 2 N–H and O–H groups in total. The number of nitrogens with two attached hydrogens (primary N) is 1. The van der Waals surface area contributed by atoms with Crippen molar-refractivity contribution in [2.45, 2.75) is 64.3 Å². The lowest BCUT2D eigenvalue weighted by Gasteiger charge is -2.45. The van der Waals surface area contributed by atoms with E-state index in [4.69, 9.17) is 10.5 Å². The number of hydrogen-bond acceptors (Lipinski definition) is 4. The predicted molar refractivity (Wildman–Crippen MR) is 107 cm³/mol. The molecule has 146 valence electrons. The summed E-state index contributed by atoms with van der Waals surface area (Å²) in [6.07, 6.45) is 6.42. The number of benzene rings is 1. The van der Waals surface area contributed by atoms with Crippen molar-refractivity contribution in [1.82, 2.24) is 4.90 Å². The first-order valence-corrected chi connectivity index (χ1v) is 10.1. The quantitative estimate of drug-likeness (QED) is 0.561. The molecule has 1 aromatic rings. The molecule has 1 aromatic carbocycles. The summed E-state index contributed by atoms with van der Waals surface area (Å²) in [5, 5.41) is 0. The average molecular weight is 361 g/mol. The molecule has 1 heterocycles. The molecule has 26 heavy (non-hydrogen) atoms. The van der Waals surface area contributed by atoms with Gasteiger partial charge in [-0.2, -0.15) is 0 Å². The Morgan fingerprint density at radius 1 is 1.38 bits per heavy atom. The smallest absolute Gasteiger partial charge is 0.327 e. The van der Waals surface area contributed by atoms with E-state index in [1.807, 2.05) is 12.1 Å². The fraction of sp³-hybridized carbons (Fsp3) is 0.682. The number of rotatable bonds is 8. The molecule has 0 radical (unpaired) electrons. The largest absolute Gasteiger partial charge is 0.468 e. The highest BCUT2D eigenvalue weighted by atomic mass is 16.5. The van der Waals surface area contributed by atoms with E-state index in [-0.39, 0.29) is 11.4 Å². The van der Waals surface area contributed by atoms with Gasteiger partial charge in [-0.05, 0) is 48.4 Å². The molecule has 0 bridgehead atoms. The zero-order chi connectivity index (χ0) is 19.2. The van der Waals surface area contributed by atoms with Crippen LogP contribution in [-0.4, -0.2) is 37.6 Å². The summed E-state index contributed by atoms with van der Waals surface area (Å²) in [7, 11) is 1.38. The van der Waals surface area contributed by atoms with Crippen molar-refractivity contribution in [2.24, 2.45) is 11.7 Å². The number of piperidine rings is 1. The summed E-state index contributed by atoms with van der Waals surface area (Å²) in [6, 6.07) is 7.51. The summed E-state index contributed by atoms with van der Waals surface area (Å²) in [5.41, 5.74) is 8.28. The van der Waals surface area contributed by atoms with Gasteiger partial charge >= 0.3 is 5.97 Å². The molecule has 1 fully saturated rings. The first kappa shape index (κ1) is 20.9. The van der Waals surface area contributed by atoms with Crippen molar-refractivity contribution in [3.63, 3.8) is 0 Å².